The van der Waals surface area contributed by atoms with Crippen molar-refractivity contribution in [2.75, 3.05) is 0 Å². The summed E-state index contributed by atoms with van der Waals surface area (Å²) >= 11 is 1.72. The van der Waals surface area contributed by atoms with Gasteiger partial charge in [-0.25, -0.2) is 0 Å². The van der Waals surface area contributed by atoms with Crippen LogP contribution in [-0.4, -0.2) is 4.92 Å². The Labute approximate surface area is 103 Å². The summed E-state index contributed by atoms with van der Waals surface area (Å²) < 4.78 is 0. The number of hydrogen-bond donors (Lipinski definition) is 0. The van der Waals surface area contributed by atoms with E-state index in [0.29, 0.717) is 0 Å². The number of nitrogens with zero attached hydrogens (tertiary/aromatic N) is 1. The van der Waals surface area contributed by atoms with Crippen LogP contribution in [0.1, 0.15) is 16.9 Å². The Bertz CT molecular complexity index is 567. The molecule has 1 aliphatic carbocycles. The minimum atomic E-state index is -0.356. The summed E-state index contributed by atoms with van der Waals surface area (Å²) in [6.45, 7) is 0. The first-order valence-corrected chi connectivity index (χ1v) is 6.34. The van der Waals surface area contributed by atoms with Crippen molar-refractivity contribution in [3.63, 3.8) is 0 Å². The van der Waals surface area contributed by atoms with Crippen LogP contribution < -0.4 is 0 Å². The molecular formula is C13H10NO2S. The zero-order valence-electron chi connectivity index (χ0n) is 9.10. The number of fused-ring (bicyclic) bond motifs is 1. The van der Waals surface area contributed by atoms with Crippen LogP contribution in [0, 0.1) is 16.2 Å². The topological polar surface area (TPSA) is 43.1 Å². The predicted molar refractivity (Wildman–Crippen MR) is 67.3 cm³/mol. The number of non-ortho nitro benzene ring substituents is 1. The first kappa shape index (κ1) is 10.5. The van der Waals surface area contributed by atoms with E-state index in [0.717, 1.165) is 23.3 Å². The molecule has 0 atom stereocenters. The van der Waals surface area contributed by atoms with Crippen molar-refractivity contribution < 1.29 is 4.92 Å². The molecule has 0 aliphatic heterocycles. The van der Waals surface area contributed by atoms with Gasteiger partial charge in [0.25, 0.3) is 5.69 Å². The summed E-state index contributed by atoms with van der Waals surface area (Å²) in [5.74, 6) is 0. The molecule has 0 spiro atoms. The fraction of sp³-hybridized carbons (Fsp3) is 0.231. The van der Waals surface area contributed by atoms with E-state index in [9.17, 15) is 10.1 Å². The van der Waals surface area contributed by atoms with Gasteiger partial charge in [-0.2, -0.15) is 0 Å². The van der Waals surface area contributed by atoms with Crippen molar-refractivity contribution in [3.8, 4) is 10.4 Å². The quantitative estimate of drug-likeness (QED) is 0.598. The van der Waals surface area contributed by atoms with E-state index in [1.807, 2.05) is 6.07 Å². The average Bonchev–Trinajstić information content (AvgIpc) is 2.89. The molecule has 4 heteroatoms. The molecule has 0 bridgehead atoms. The van der Waals surface area contributed by atoms with Crippen LogP contribution in [0.3, 0.4) is 0 Å². The normalized spacial score (nSPS) is 13.6. The van der Waals surface area contributed by atoms with Crippen molar-refractivity contribution in [1.82, 2.24) is 0 Å². The van der Waals surface area contributed by atoms with Crippen LogP contribution in [0.5, 0.6) is 0 Å². The standard InChI is InChI=1S/C13H10NO2S/c15-14(16)11-5-1-3-9(7-11)13-8-10-4-2-6-12(10)17-13/h1,3,5,7H,2,4,6H2. The Hall–Kier alpha value is -1.68. The molecule has 0 amide bonds. The lowest BCUT2D eigenvalue weighted by molar-refractivity contribution is -0.384. The summed E-state index contributed by atoms with van der Waals surface area (Å²) in [5, 5.41) is 10.7. The summed E-state index contributed by atoms with van der Waals surface area (Å²) in [6, 6.07) is 10.1. The smallest absolute Gasteiger partial charge is 0.258 e. The van der Waals surface area contributed by atoms with Gasteiger partial charge in [-0.3, -0.25) is 10.1 Å². The molecular weight excluding hydrogens is 234 g/mol. The minimum Gasteiger partial charge on any atom is -0.258 e. The SMILES string of the molecule is O=[N+]([O-])c1cccc(-c2[c]c3c(s2)CCC3)c1. The van der Waals surface area contributed by atoms with Crippen LogP contribution in [0.25, 0.3) is 10.4 Å². The molecule has 0 fully saturated rings. The van der Waals surface area contributed by atoms with E-state index in [1.165, 1.54) is 22.9 Å². The predicted octanol–water partition coefficient (Wildman–Crippen LogP) is 3.61. The number of hydrogen-bond acceptors (Lipinski definition) is 3. The highest BCUT2D eigenvalue weighted by Crippen LogP contribution is 2.36. The molecule has 0 N–H and O–H groups in total. The average molecular weight is 244 g/mol. The zero-order valence-corrected chi connectivity index (χ0v) is 9.92. The number of aryl methyl sites for hydroxylation is 2. The monoisotopic (exact) mass is 244 g/mol. The summed E-state index contributed by atoms with van der Waals surface area (Å²) in [7, 11) is 0. The van der Waals surface area contributed by atoms with Gasteiger partial charge in [-0.15, -0.1) is 11.3 Å². The summed E-state index contributed by atoms with van der Waals surface area (Å²) in [4.78, 5) is 12.8. The maximum atomic E-state index is 10.7. The van der Waals surface area contributed by atoms with Crippen molar-refractivity contribution in [1.29, 1.82) is 0 Å². The molecule has 85 valence electrons. The molecule has 1 aromatic carbocycles. The zero-order chi connectivity index (χ0) is 11.8. The lowest BCUT2D eigenvalue weighted by Gasteiger charge is -1.97. The first-order chi connectivity index (χ1) is 8.24. The van der Waals surface area contributed by atoms with Crippen LogP contribution in [0.4, 0.5) is 5.69 Å². The highest BCUT2D eigenvalue weighted by Gasteiger charge is 2.17. The van der Waals surface area contributed by atoms with Crippen molar-refractivity contribution in [3.05, 3.63) is 50.9 Å². The van der Waals surface area contributed by atoms with Crippen LogP contribution in [0.2, 0.25) is 0 Å². The Balaban J connectivity index is 2.03. The number of nitro groups is 1. The van der Waals surface area contributed by atoms with Crippen LogP contribution in [0.15, 0.2) is 24.3 Å². The largest absolute Gasteiger partial charge is 0.270 e. The highest BCUT2D eigenvalue weighted by atomic mass is 32.1. The highest BCUT2D eigenvalue weighted by molar-refractivity contribution is 7.15. The number of thiophene rings is 1. The Morgan fingerprint density at radius 3 is 3.00 bits per heavy atom. The van der Waals surface area contributed by atoms with Crippen molar-refractivity contribution in [2.24, 2.45) is 0 Å². The van der Waals surface area contributed by atoms with Crippen molar-refractivity contribution in [2.45, 2.75) is 19.3 Å². The van der Waals surface area contributed by atoms with Crippen LogP contribution in [-0.2, 0) is 12.8 Å². The van der Waals surface area contributed by atoms with E-state index in [1.54, 1.807) is 23.5 Å². The Morgan fingerprint density at radius 2 is 2.24 bits per heavy atom. The molecule has 3 nitrogen and oxygen atoms in total. The van der Waals surface area contributed by atoms with E-state index < -0.39 is 0 Å². The number of rotatable bonds is 2. The van der Waals surface area contributed by atoms with E-state index in [-0.39, 0.29) is 10.6 Å². The van der Waals surface area contributed by atoms with Gasteiger partial charge >= 0.3 is 0 Å². The fourth-order valence-corrected chi connectivity index (χ4v) is 3.33. The van der Waals surface area contributed by atoms with E-state index in [4.69, 9.17) is 0 Å². The molecule has 0 saturated carbocycles. The first-order valence-electron chi connectivity index (χ1n) is 5.53. The number of benzene rings is 1. The molecule has 3 rings (SSSR count). The van der Waals surface area contributed by atoms with Gasteiger partial charge in [-0.05, 0) is 30.4 Å². The minimum absolute atomic E-state index is 0.143. The fourth-order valence-electron chi connectivity index (χ4n) is 2.14. The molecule has 2 aromatic rings. The third-order valence-electron chi connectivity index (χ3n) is 2.98. The van der Waals surface area contributed by atoms with Gasteiger partial charge in [0.15, 0.2) is 0 Å². The molecule has 1 heterocycles. The third-order valence-corrected chi connectivity index (χ3v) is 4.21. The second-order valence-corrected chi connectivity index (χ2v) is 5.22. The summed E-state index contributed by atoms with van der Waals surface area (Å²) in [5.41, 5.74) is 2.35. The second-order valence-electron chi connectivity index (χ2n) is 4.12. The third kappa shape index (κ3) is 1.85. The van der Waals surface area contributed by atoms with E-state index in [2.05, 4.69) is 6.07 Å². The second kappa shape index (κ2) is 3.96. The lowest BCUT2D eigenvalue weighted by Crippen LogP contribution is -1.87. The van der Waals surface area contributed by atoms with Gasteiger partial charge in [0, 0.05) is 28.0 Å². The van der Waals surface area contributed by atoms with Gasteiger partial charge in [0.2, 0.25) is 0 Å². The van der Waals surface area contributed by atoms with Gasteiger partial charge < -0.3 is 0 Å². The Morgan fingerprint density at radius 1 is 1.35 bits per heavy atom. The molecule has 1 aliphatic rings. The lowest BCUT2D eigenvalue weighted by atomic mass is 10.1. The molecule has 1 radical (unpaired) electrons. The van der Waals surface area contributed by atoms with Crippen LogP contribution >= 0.6 is 11.3 Å². The summed E-state index contributed by atoms with van der Waals surface area (Å²) in [6.07, 6.45) is 3.44. The van der Waals surface area contributed by atoms with Gasteiger partial charge in [0.1, 0.15) is 0 Å². The van der Waals surface area contributed by atoms with E-state index >= 15 is 0 Å². The maximum Gasteiger partial charge on any atom is 0.270 e. The maximum absolute atomic E-state index is 10.7. The Kier molecular flexibility index (Phi) is 2.44. The van der Waals surface area contributed by atoms with Gasteiger partial charge in [-0.1, -0.05) is 12.1 Å². The van der Waals surface area contributed by atoms with Gasteiger partial charge in [0.05, 0.1) is 4.92 Å². The molecule has 17 heavy (non-hydrogen) atoms. The molecule has 0 unspecified atom stereocenters. The number of nitro benzene ring substituents is 1. The van der Waals surface area contributed by atoms with Crippen molar-refractivity contribution >= 4 is 17.0 Å². The molecule has 0 saturated heterocycles. The molecule has 1 aromatic heterocycles.